The average molecular weight is 297 g/mol. The molecule has 0 atom stereocenters. The number of halogens is 4. The number of rotatable bonds is 2. The fraction of sp³-hybridized carbons (Fsp3) is 0. The summed E-state index contributed by atoms with van der Waals surface area (Å²) in [6.45, 7) is 0. The van der Waals surface area contributed by atoms with Crippen molar-refractivity contribution >= 4 is 27.5 Å². The first-order valence-electron chi connectivity index (χ1n) is 3.71. The van der Waals surface area contributed by atoms with Crippen LogP contribution >= 0.6 is 11.6 Å². The van der Waals surface area contributed by atoms with Crippen LogP contribution < -0.4 is 29.6 Å². The molecule has 1 aromatic carbocycles. The summed E-state index contributed by atoms with van der Waals surface area (Å²) < 4.78 is 66.5. The van der Waals surface area contributed by atoms with Crippen LogP contribution in [0.25, 0.3) is 5.83 Å². The third kappa shape index (κ3) is 4.27. The van der Waals surface area contributed by atoms with Crippen LogP contribution in [-0.2, 0) is 10.1 Å². The fourth-order valence-electron chi connectivity index (χ4n) is 0.956. The molecule has 1 rings (SSSR count). The number of benzene rings is 1. The molecule has 1 aromatic rings. The van der Waals surface area contributed by atoms with E-state index in [1.54, 1.807) is 0 Å². The van der Waals surface area contributed by atoms with Gasteiger partial charge in [0.25, 0.3) is 10.1 Å². The number of hydrogen-bond donors (Lipinski definition) is 1. The SMILES string of the molecule is O=S(=O)(O)c1ccc(C(F)=C(F)F)cc1Cl.[H-].[Na+]. The molecule has 0 aliphatic heterocycles. The molecule has 17 heavy (non-hydrogen) atoms. The molecule has 0 aliphatic carbocycles. The van der Waals surface area contributed by atoms with Crippen molar-refractivity contribution in [3.63, 3.8) is 0 Å². The molecular formula is C8H5ClF3NaO3S. The Kier molecular flexibility index (Phi) is 6.20. The Morgan fingerprint density at radius 3 is 2.18 bits per heavy atom. The zero-order valence-electron chi connectivity index (χ0n) is 9.42. The van der Waals surface area contributed by atoms with E-state index in [1.165, 1.54) is 0 Å². The average Bonchev–Trinajstić information content (AvgIpc) is 2.14. The zero-order valence-corrected chi connectivity index (χ0v) is 12.0. The van der Waals surface area contributed by atoms with E-state index in [0.29, 0.717) is 6.07 Å². The maximum atomic E-state index is 12.7. The molecule has 3 nitrogen and oxygen atoms in total. The quantitative estimate of drug-likeness (QED) is 0.628. The molecule has 0 amide bonds. The van der Waals surface area contributed by atoms with Crippen molar-refractivity contribution in [1.29, 1.82) is 0 Å². The Labute approximate surface area is 124 Å². The molecule has 0 spiro atoms. The fourth-order valence-corrected chi connectivity index (χ4v) is 1.97. The van der Waals surface area contributed by atoms with E-state index in [1.807, 2.05) is 0 Å². The van der Waals surface area contributed by atoms with Gasteiger partial charge in [0.05, 0.1) is 5.02 Å². The molecule has 0 bridgehead atoms. The van der Waals surface area contributed by atoms with Gasteiger partial charge >= 0.3 is 35.6 Å². The van der Waals surface area contributed by atoms with Crippen LogP contribution in [0.2, 0.25) is 5.02 Å². The molecule has 0 unspecified atom stereocenters. The van der Waals surface area contributed by atoms with E-state index in [0.717, 1.165) is 12.1 Å². The molecule has 0 radical (unpaired) electrons. The molecule has 90 valence electrons. The summed E-state index contributed by atoms with van der Waals surface area (Å²) in [4.78, 5) is -0.676. The Morgan fingerprint density at radius 1 is 1.29 bits per heavy atom. The van der Waals surface area contributed by atoms with Crippen LogP contribution in [0.5, 0.6) is 0 Å². The molecule has 1 N–H and O–H groups in total. The summed E-state index contributed by atoms with van der Waals surface area (Å²) in [5.41, 5.74) is -0.572. The minimum Gasteiger partial charge on any atom is -1.00 e. The molecule has 0 aromatic heterocycles. The normalized spacial score (nSPS) is 10.6. The summed E-state index contributed by atoms with van der Waals surface area (Å²) in [5.74, 6) is -1.80. The van der Waals surface area contributed by atoms with Crippen molar-refractivity contribution in [1.82, 2.24) is 0 Å². The van der Waals surface area contributed by atoms with Crippen LogP contribution in [0.1, 0.15) is 6.99 Å². The molecule has 9 heteroatoms. The van der Waals surface area contributed by atoms with Crippen LogP contribution in [0, 0.1) is 0 Å². The molecule has 0 saturated heterocycles. The second-order valence-corrected chi connectivity index (χ2v) is 4.49. The van der Waals surface area contributed by atoms with Crippen molar-refractivity contribution in [2.75, 3.05) is 0 Å². The molecule has 0 heterocycles. The minimum atomic E-state index is -4.55. The first-order valence-corrected chi connectivity index (χ1v) is 5.53. The van der Waals surface area contributed by atoms with Crippen LogP contribution in [0.3, 0.4) is 0 Å². The third-order valence-electron chi connectivity index (χ3n) is 1.63. The van der Waals surface area contributed by atoms with Gasteiger partial charge in [-0.25, -0.2) is 4.39 Å². The third-order valence-corrected chi connectivity index (χ3v) is 2.97. The van der Waals surface area contributed by atoms with Gasteiger partial charge < -0.3 is 1.43 Å². The maximum Gasteiger partial charge on any atom is 1.00 e. The van der Waals surface area contributed by atoms with Gasteiger partial charge in [-0.05, 0) is 12.1 Å². The van der Waals surface area contributed by atoms with E-state index in [9.17, 15) is 21.6 Å². The monoisotopic (exact) mass is 296 g/mol. The van der Waals surface area contributed by atoms with Gasteiger partial charge in [-0.15, -0.1) is 0 Å². The zero-order chi connectivity index (χ0) is 12.5. The second-order valence-electron chi connectivity index (χ2n) is 2.69. The Hall–Kier alpha value is -0.0500. The predicted molar refractivity (Wildman–Crippen MR) is 52.6 cm³/mol. The van der Waals surface area contributed by atoms with Gasteiger partial charge in [-0.2, -0.15) is 17.2 Å². The summed E-state index contributed by atoms with van der Waals surface area (Å²) in [7, 11) is -4.55. The van der Waals surface area contributed by atoms with Crippen LogP contribution in [0.15, 0.2) is 29.2 Å². The van der Waals surface area contributed by atoms with E-state index < -0.39 is 37.5 Å². The summed E-state index contributed by atoms with van der Waals surface area (Å²) in [5, 5.41) is -0.545. The van der Waals surface area contributed by atoms with Gasteiger partial charge in [0.1, 0.15) is 4.90 Å². The summed E-state index contributed by atoms with van der Waals surface area (Å²) in [6.07, 6.45) is -2.55. The van der Waals surface area contributed by atoms with Crippen LogP contribution in [0.4, 0.5) is 13.2 Å². The summed E-state index contributed by atoms with van der Waals surface area (Å²) in [6, 6.07) is 2.18. The Balaban J connectivity index is 0. The largest absolute Gasteiger partial charge is 1.00 e. The number of hydrogen-bond acceptors (Lipinski definition) is 2. The van der Waals surface area contributed by atoms with E-state index in [-0.39, 0.29) is 31.0 Å². The van der Waals surface area contributed by atoms with Crippen molar-refractivity contribution in [2.45, 2.75) is 4.90 Å². The standard InChI is InChI=1S/C8H4ClF3O3S.Na.H/c9-5-3-4(7(10)8(11)12)1-2-6(5)16(13,14)15;;/h1-3H,(H,13,14,15);;/q;+1;-1. The van der Waals surface area contributed by atoms with Gasteiger partial charge in [0.2, 0.25) is 0 Å². The second kappa shape index (κ2) is 6.21. The van der Waals surface area contributed by atoms with Gasteiger partial charge in [-0.3, -0.25) is 4.55 Å². The molecular weight excluding hydrogens is 292 g/mol. The van der Waals surface area contributed by atoms with Crippen molar-refractivity contribution in [2.24, 2.45) is 0 Å². The smallest absolute Gasteiger partial charge is 1.00 e. The van der Waals surface area contributed by atoms with Gasteiger partial charge in [0.15, 0.2) is 5.83 Å². The van der Waals surface area contributed by atoms with Crippen molar-refractivity contribution in [3.05, 3.63) is 34.9 Å². The Bertz CT molecular complexity index is 561. The topological polar surface area (TPSA) is 54.4 Å². The van der Waals surface area contributed by atoms with Crippen molar-refractivity contribution in [3.8, 4) is 0 Å². The molecule has 0 aliphatic rings. The van der Waals surface area contributed by atoms with E-state index in [4.69, 9.17) is 16.2 Å². The summed E-state index contributed by atoms with van der Waals surface area (Å²) >= 11 is 5.39. The van der Waals surface area contributed by atoms with Gasteiger partial charge in [-0.1, -0.05) is 17.7 Å². The Morgan fingerprint density at radius 2 is 1.82 bits per heavy atom. The maximum absolute atomic E-state index is 12.7. The first-order chi connectivity index (χ1) is 7.23. The van der Waals surface area contributed by atoms with Crippen molar-refractivity contribution < 1.29 is 57.1 Å². The minimum absolute atomic E-state index is 0. The van der Waals surface area contributed by atoms with Gasteiger partial charge in [0, 0.05) is 5.56 Å². The van der Waals surface area contributed by atoms with Crippen LogP contribution in [-0.4, -0.2) is 13.0 Å². The predicted octanol–water partition coefficient (Wildman–Crippen LogP) is 0.238. The first kappa shape index (κ1) is 16.9. The molecule has 0 fully saturated rings. The molecule has 0 saturated carbocycles. The van der Waals surface area contributed by atoms with E-state index in [2.05, 4.69) is 0 Å². The van der Waals surface area contributed by atoms with E-state index >= 15 is 0 Å².